The second-order valence-electron chi connectivity index (χ2n) is 4.61. The molecule has 0 fully saturated rings. The number of halogens is 2. The van der Waals surface area contributed by atoms with Crippen molar-refractivity contribution in [1.82, 2.24) is 5.32 Å². The molecule has 0 aliphatic heterocycles. The van der Waals surface area contributed by atoms with Gasteiger partial charge in [0.05, 0.1) is 18.7 Å². The van der Waals surface area contributed by atoms with E-state index < -0.39 is 24.9 Å². The molecule has 22 heavy (non-hydrogen) atoms. The zero-order valence-electron chi connectivity index (χ0n) is 11.7. The average Bonchev–Trinajstić information content (AvgIpc) is 3.04. The van der Waals surface area contributed by atoms with Gasteiger partial charge in [-0.25, -0.2) is 8.78 Å². The highest BCUT2D eigenvalue weighted by molar-refractivity contribution is 7.98. The second kappa shape index (κ2) is 7.71. The fourth-order valence-corrected chi connectivity index (χ4v) is 3.52. The van der Waals surface area contributed by atoms with E-state index in [-0.39, 0.29) is 0 Å². The number of carbonyl (C=O) groups excluding carboxylic acids is 1. The molecule has 0 unspecified atom stereocenters. The number of thiophene rings is 1. The van der Waals surface area contributed by atoms with Crippen LogP contribution in [0.1, 0.15) is 15.2 Å². The molecule has 0 saturated carbocycles. The summed E-state index contributed by atoms with van der Waals surface area (Å²) in [5.41, 5.74) is 5.36. The van der Waals surface area contributed by atoms with Gasteiger partial charge in [-0.2, -0.15) is 0 Å². The molecule has 0 saturated heterocycles. The van der Waals surface area contributed by atoms with Crippen LogP contribution < -0.4 is 11.1 Å². The summed E-state index contributed by atoms with van der Waals surface area (Å²) in [5, 5.41) is 4.23. The van der Waals surface area contributed by atoms with Crippen LogP contribution in [0.2, 0.25) is 0 Å². The van der Waals surface area contributed by atoms with Crippen molar-refractivity contribution < 1.29 is 13.6 Å². The van der Waals surface area contributed by atoms with E-state index in [4.69, 9.17) is 5.73 Å². The average molecular weight is 342 g/mol. The van der Waals surface area contributed by atoms with Gasteiger partial charge < -0.3 is 11.1 Å². The highest BCUT2D eigenvalue weighted by Crippen LogP contribution is 2.28. The molecule has 3 nitrogen and oxygen atoms in total. The SMILES string of the molecule is NCC(F)(F)CNC(=O)c1ccccc1SCc1cccs1. The summed E-state index contributed by atoms with van der Waals surface area (Å²) in [6.07, 6.45) is 0. The largest absolute Gasteiger partial charge is 0.346 e. The van der Waals surface area contributed by atoms with Crippen molar-refractivity contribution >= 4 is 29.0 Å². The van der Waals surface area contributed by atoms with Crippen LogP contribution in [0.5, 0.6) is 0 Å². The molecule has 0 bridgehead atoms. The number of rotatable bonds is 7. The van der Waals surface area contributed by atoms with Crippen molar-refractivity contribution in [3.8, 4) is 0 Å². The van der Waals surface area contributed by atoms with Crippen LogP contribution in [0.25, 0.3) is 0 Å². The van der Waals surface area contributed by atoms with Gasteiger partial charge in [0.25, 0.3) is 11.8 Å². The maximum absolute atomic E-state index is 13.1. The summed E-state index contributed by atoms with van der Waals surface area (Å²) in [6.45, 7) is -1.55. The van der Waals surface area contributed by atoms with E-state index in [2.05, 4.69) is 5.32 Å². The molecule has 0 aliphatic rings. The predicted octanol–water partition coefficient (Wildman–Crippen LogP) is 3.36. The Hall–Kier alpha value is -1.44. The van der Waals surface area contributed by atoms with E-state index in [1.54, 1.807) is 23.5 Å². The summed E-state index contributed by atoms with van der Waals surface area (Å²) < 4.78 is 26.2. The van der Waals surface area contributed by atoms with Gasteiger partial charge in [-0.1, -0.05) is 18.2 Å². The fraction of sp³-hybridized carbons (Fsp3) is 0.267. The number of hydrogen-bond donors (Lipinski definition) is 2. The van der Waals surface area contributed by atoms with Gasteiger partial charge >= 0.3 is 0 Å². The first-order chi connectivity index (χ1) is 10.5. The molecule has 1 aromatic heterocycles. The highest BCUT2D eigenvalue weighted by Gasteiger charge is 2.27. The van der Waals surface area contributed by atoms with Gasteiger partial charge in [0.1, 0.15) is 0 Å². The molecule has 2 rings (SSSR count). The maximum Gasteiger partial charge on any atom is 0.277 e. The quantitative estimate of drug-likeness (QED) is 0.759. The topological polar surface area (TPSA) is 55.1 Å². The Morgan fingerprint density at radius 1 is 1.27 bits per heavy atom. The van der Waals surface area contributed by atoms with Crippen LogP contribution >= 0.6 is 23.1 Å². The first-order valence-corrected chi connectivity index (χ1v) is 8.49. The molecule has 0 radical (unpaired) electrons. The van der Waals surface area contributed by atoms with Gasteiger partial charge in [0, 0.05) is 15.5 Å². The maximum atomic E-state index is 13.1. The third-order valence-electron chi connectivity index (χ3n) is 2.89. The molecule has 7 heteroatoms. The summed E-state index contributed by atoms with van der Waals surface area (Å²) in [6, 6.07) is 11.0. The van der Waals surface area contributed by atoms with Gasteiger partial charge in [-0.15, -0.1) is 23.1 Å². The molecule has 2 aromatic rings. The second-order valence-corrected chi connectivity index (χ2v) is 6.66. The van der Waals surface area contributed by atoms with E-state index >= 15 is 0 Å². The van der Waals surface area contributed by atoms with Crippen molar-refractivity contribution in [2.75, 3.05) is 13.1 Å². The van der Waals surface area contributed by atoms with Crippen molar-refractivity contribution in [3.05, 3.63) is 52.2 Å². The van der Waals surface area contributed by atoms with Crippen molar-refractivity contribution in [3.63, 3.8) is 0 Å². The summed E-state index contributed by atoms with van der Waals surface area (Å²) >= 11 is 3.15. The van der Waals surface area contributed by atoms with Crippen LogP contribution in [0.3, 0.4) is 0 Å². The zero-order valence-corrected chi connectivity index (χ0v) is 13.4. The van der Waals surface area contributed by atoms with Gasteiger partial charge in [-0.3, -0.25) is 4.79 Å². The lowest BCUT2D eigenvalue weighted by Crippen LogP contribution is -2.41. The van der Waals surface area contributed by atoms with Crippen LogP contribution in [0.15, 0.2) is 46.7 Å². The number of hydrogen-bond acceptors (Lipinski definition) is 4. The lowest BCUT2D eigenvalue weighted by atomic mass is 10.2. The van der Waals surface area contributed by atoms with Crippen LogP contribution in [0, 0.1) is 0 Å². The first kappa shape index (κ1) is 16.9. The zero-order chi connectivity index (χ0) is 16.0. The molecule has 0 spiro atoms. The lowest BCUT2D eigenvalue weighted by molar-refractivity contribution is 0.0118. The minimum atomic E-state index is -3.09. The van der Waals surface area contributed by atoms with Crippen molar-refractivity contribution in [1.29, 1.82) is 0 Å². The Balaban J connectivity index is 2.02. The minimum Gasteiger partial charge on any atom is -0.346 e. The third-order valence-corrected chi connectivity index (χ3v) is 5.07. The number of thioether (sulfide) groups is 1. The number of nitrogens with one attached hydrogen (secondary N) is 1. The van der Waals surface area contributed by atoms with Crippen molar-refractivity contribution in [2.24, 2.45) is 5.73 Å². The van der Waals surface area contributed by atoms with E-state index in [0.717, 1.165) is 10.6 Å². The van der Waals surface area contributed by atoms with Crippen molar-refractivity contribution in [2.45, 2.75) is 16.6 Å². The van der Waals surface area contributed by atoms with Crippen LogP contribution in [-0.2, 0) is 5.75 Å². The number of carbonyl (C=O) groups is 1. The van der Waals surface area contributed by atoms with E-state index in [9.17, 15) is 13.6 Å². The Bertz CT molecular complexity index is 618. The highest BCUT2D eigenvalue weighted by atomic mass is 32.2. The Morgan fingerprint density at radius 3 is 2.73 bits per heavy atom. The molecule has 1 aromatic carbocycles. The number of benzene rings is 1. The smallest absolute Gasteiger partial charge is 0.277 e. The first-order valence-electron chi connectivity index (χ1n) is 6.62. The lowest BCUT2D eigenvalue weighted by Gasteiger charge is -2.15. The van der Waals surface area contributed by atoms with E-state index in [0.29, 0.717) is 5.56 Å². The normalized spacial score (nSPS) is 11.4. The Morgan fingerprint density at radius 2 is 2.05 bits per heavy atom. The minimum absolute atomic E-state index is 0.400. The standard InChI is InChI=1S/C15H16F2N2OS2/c16-15(17,9-18)10-19-14(20)12-5-1-2-6-13(12)22-8-11-4-3-7-21-11/h1-7H,8-10,18H2,(H,19,20). The predicted molar refractivity (Wildman–Crippen MR) is 86.7 cm³/mol. The van der Waals surface area contributed by atoms with E-state index in [1.807, 2.05) is 29.6 Å². The van der Waals surface area contributed by atoms with Gasteiger partial charge in [-0.05, 0) is 23.6 Å². The number of amides is 1. The molecule has 0 atom stereocenters. The fourth-order valence-electron chi connectivity index (χ4n) is 1.70. The van der Waals surface area contributed by atoms with Gasteiger partial charge in [0.15, 0.2) is 0 Å². The number of alkyl halides is 2. The summed E-state index contributed by atoms with van der Waals surface area (Å²) in [5.74, 6) is -2.86. The van der Waals surface area contributed by atoms with Crippen LogP contribution in [0.4, 0.5) is 8.78 Å². The monoisotopic (exact) mass is 342 g/mol. The Kier molecular flexibility index (Phi) is 5.93. The molecule has 3 N–H and O–H groups in total. The molecule has 1 heterocycles. The van der Waals surface area contributed by atoms with Crippen LogP contribution in [-0.4, -0.2) is 24.9 Å². The molecular formula is C15H16F2N2OS2. The van der Waals surface area contributed by atoms with E-state index in [1.165, 1.54) is 16.6 Å². The Labute approximate surface area is 135 Å². The molecule has 1 amide bonds. The third kappa shape index (κ3) is 4.79. The summed E-state index contributed by atoms with van der Waals surface area (Å²) in [7, 11) is 0. The van der Waals surface area contributed by atoms with Gasteiger partial charge in [0.2, 0.25) is 0 Å². The summed E-state index contributed by atoms with van der Waals surface area (Å²) in [4.78, 5) is 14.1. The number of nitrogens with two attached hydrogens (primary N) is 1. The molecular weight excluding hydrogens is 326 g/mol. The molecule has 0 aliphatic carbocycles. The molecule has 118 valence electrons.